The third-order valence-corrected chi connectivity index (χ3v) is 7.20. The van der Waals surface area contributed by atoms with E-state index in [0.29, 0.717) is 5.13 Å². The summed E-state index contributed by atoms with van der Waals surface area (Å²) in [7, 11) is 0. The summed E-state index contributed by atoms with van der Waals surface area (Å²) in [5.41, 5.74) is 8.59. The van der Waals surface area contributed by atoms with Crippen molar-refractivity contribution >= 4 is 32.6 Å². The number of hydrogen-bond acceptors (Lipinski definition) is 4. The molecule has 2 aromatic rings. The van der Waals surface area contributed by atoms with Gasteiger partial charge < -0.3 is 10.6 Å². The van der Waals surface area contributed by atoms with Gasteiger partial charge in [-0.05, 0) is 67.6 Å². The zero-order valence-electron chi connectivity index (χ0n) is 13.3. The Morgan fingerprint density at radius 1 is 1.26 bits per heavy atom. The van der Waals surface area contributed by atoms with Crippen LogP contribution in [0, 0.1) is 30.6 Å². The minimum atomic E-state index is 0.191. The third kappa shape index (κ3) is 1.95. The summed E-state index contributed by atoms with van der Waals surface area (Å²) in [6, 6.07) is 3.95. The zero-order chi connectivity index (χ0) is 15.7. The van der Waals surface area contributed by atoms with E-state index < -0.39 is 0 Å². The molecule has 2 saturated carbocycles. The lowest BCUT2D eigenvalue weighted by Gasteiger charge is -2.22. The maximum absolute atomic E-state index is 13.0. The number of carbonyl (C=O) groups is 1. The number of thiazole rings is 1. The van der Waals surface area contributed by atoms with Gasteiger partial charge in [0.05, 0.1) is 10.2 Å². The van der Waals surface area contributed by atoms with Crippen LogP contribution < -0.4 is 5.73 Å². The minimum absolute atomic E-state index is 0.191. The van der Waals surface area contributed by atoms with Gasteiger partial charge in [0.15, 0.2) is 5.13 Å². The van der Waals surface area contributed by atoms with Crippen molar-refractivity contribution in [2.45, 2.75) is 26.2 Å². The van der Waals surface area contributed by atoms with Crippen LogP contribution in [0.3, 0.4) is 0 Å². The van der Waals surface area contributed by atoms with Gasteiger partial charge >= 0.3 is 0 Å². The molecule has 0 unspecified atom stereocenters. The molecule has 0 radical (unpaired) electrons. The molecule has 2 aliphatic carbocycles. The predicted octanol–water partition coefficient (Wildman–Crippen LogP) is 3.31. The molecule has 5 heteroatoms. The fraction of sp³-hybridized carbons (Fsp3) is 0.556. The molecule has 120 valence electrons. The Labute approximate surface area is 139 Å². The molecule has 1 amide bonds. The molecule has 1 aromatic carbocycles. The van der Waals surface area contributed by atoms with E-state index in [-0.39, 0.29) is 5.91 Å². The Hall–Kier alpha value is -1.62. The molecule has 2 N–H and O–H groups in total. The number of carbonyl (C=O) groups excluding carboxylic acids is 1. The van der Waals surface area contributed by atoms with Crippen molar-refractivity contribution in [3.63, 3.8) is 0 Å². The highest BCUT2D eigenvalue weighted by atomic mass is 32.1. The smallest absolute Gasteiger partial charge is 0.253 e. The van der Waals surface area contributed by atoms with Gasteiger partial charge in [0, 0.05) is 18.7 Å². The van der Waals surface area contributed by atoms with Crippen molar-refractivity contribution in [1.29, 1.82) is 0 Å². The summed E-state index contributed by atoms with van der Waals surface area (Å²) < 4.78 is 1.02. The predicted molar refractivity (Wildman–Crippen MR) is 92.5 cm³/mol. The fourth-order valence-electron chi connectivity index (χ4n) is 5.37. The summed E-state index contributed by atoms with van der Waals surface area (Å²) in [6.45, 7) is 3.94. The fourth-order valence-corrected chi connectivity index (χ4v) is 6.22. The molecule has 4 atom stereocenters. The van der Waals surface area contributed by atoms with Crippen LogP contribution in [-0.2, 0) is 0 Å². The average molecular weight is 327 g/mol. The molecule has 4 nitrogen and oxygen atoms in total. The number of nitrogen functional groups attached to an aromatic ring is 1. The molecule has 1 saturated heterocycles. The van der Waals surface area contributed by atoms with E-state index in [0.717, 1.165) is 58.1 Å². The number of amides is 1. The van der Waals surface area contributed by atoms with Crippen LogP contribution in [0.2, 0.25) is 0 Å². The van der Waals surface area contributed by atoms with Crippen LogP contribution in [0.25, 0.3) is 10.2 Å². The number of nitrogens with two attached hydrogens (primary N) is 1. The molecule has 1 aliphatic heterocycles. The van der Waals surface area contributed by atoms with Crippen LogP contribution in [0.5, 0.6) is 0 Å². The first-order valence-corrected chi connectivity index (χ1v) is 9.38. The van der Waals surface area contributed by atoms with E-state index in [1.807, 2.05) is 19.1 Å². The third-order valence-electron chi connectivity index (χ3n) is 6.37. The highest BCUT2D eigenvalue weighted by Crippen LogP contribution is 2.55. The second kappa shape index (κ2) is 4.69. The van der Waals surface area contributed by atoms with E-state index in [4.69, 9.17) is 5.73 Å². The molecule has 23 heavy (non-hydrogen) atoms. The lowest BCUT2D eigenvalue weighted by atomic mass is 9.82. The van der Waals surface area contributed by atoms with Crippen molar-refractivity contribution in [1.82, 2.24) is 9.88 Å². The molecule has 5 rings (SSSR count). The van der Waals surface area contributed by atoms with Gasteiger partial charge in [0.1, 0.15) is 0 Å². The number of nitrogens with zero attached hydrogens (tertiary/aromatic N) is 2. The SMILES string of the molecule is Cc1cc(C(=O)N2C[C@@H]3[C@@H]4CC[C@@H](C4)[C@@H]3C2)cc2sc(N)nc12. The first-order chi connectivity index (χ1) is 11.1. The van der Waals surface area contributed by atoms with Gasteiger partial charge in [-0.3, -0.25) is 4.79 Å². The van der Waals surface area contributed by atoms with Gasteiger partial charge in [0.25, 0.3) is 5.91 Å². The summed E-state index contributed by atoms with van der Waals surface area (Å²) in [5.74, 6) is 3.49. The maximum atomic E-state index is 13.0. The van der Waals surface area contributed by atoms with E-state index in [1.165, 1.54) is 30.6 Å². The molecule has 1 aromatic heterocycles. The second-order valence-corrected chi connectivity index (χ2v) is 8.63. The summed E-state index contributed by atoms with van der Waals surface area (Å²) in [5, 5.41) is 0.569. The number of aromatic nitrogens is 1. The van der Waals surface area contributed by atoms with Crippen molar-refractivity contribution in [3.05, 3.63) is 23.3 Å². The van der Waals surface area contributed by atoms with Gasteiger partial charge in [-0.25, -0.2) is 4.98 Å². The Balaban J connectivity index is 1.45. The number of benzene rings is 1. The van der Waals surface area contributed by atoms with Crippen molar-refractivity contribution < 1.29 is 4.79 Å². The zero-order valence-corrected chi connectivity index (χ0v) is 14.1. The summed E-state index contributed by atoms with van der Waals surface area (Å²) in [4.78, 5) is 19.5. The van der Waals surface area contributed by atoms with Gasteiger partial charge in [-0.15, -0.1) is 0 Å². The molecule has 0 spiro atoms. The Bertz CT molecular complexity index is 796. The number of fused-ring (bicyclic) bond motifs is 6. The van der Waals surface area contributed by atoms with Crippen LogP contribution in [0.4, 0.5) is 5.13 Å². The number of rotatable bonds is 1. The van der Waals surface area contributed by atoms with Crippen LogP contribution in [-0.4, -0.2) is 28.9 Å². The lowest BCUT2D eigenvalue weighted by Crippen LogP contribution is -2.30. The number of hydrogen-bond donors (Lipinski definition) is 1. The molecule has 3 fully saturated rings. The van der Waals surface area contributed by atoms with Crippen molar-refractivity contribution in [2.24, 2.45) is 23.7 Å². The van der Waals surface area contributed by atoms with E-state index in [2.05, 4.69) is 9.88 Å². The monoisotopic (exact) mass is 327 g/mol. The summed E-state index contributed by atoms with van der Waals surface area (Å²) >= 11 is 1.46. The van der Waals surface area contributed by atoms with Crippen LogP contribution >= 0.6 is 11.3 Å². The van der Waals surface area contributed by atoms with Gasteiger partial charge in [-0.1, -0.05) is 11.3 Å². The largest absolute Gasteiger partial charge is 0.375 e. The minimum Gasteiger partial charge on any atom is -0.375 e. The lowest BCUT2D eigenvalue weighted by molar-refractivity contribution is 0.0776. The first kappa shape index (κ1) is 13.8. The standard InChI is InChI=1S/C18H21N3OS/c1-9-4-12(6-15-16(9)20-18(19)23-15)17(22)21-7-13-10-2-3-11(5-10)14(13)8-21/h4,6,10-11,13-14H,2-3,5,7-8H2,1H3,(H2,19,20)/t10-,11+,13-,14+. The number of likely N-dealkylation sites (tertiary alicyclic amines) is 1. The van der Waals surface area contributed by atoms with E-state index in [1.54, 1.807) is 0 Å². The normalized spacial score (nSPS) is 32.0. The molecule has 3 aliphatic rings. The molecular weight excluding hydrogens is 306 g/mol. The van der Waals surface area contributed by atoms with E-state index in [9.17, 15) is 4.79 Å². The average Bonchev–Trinajstić information content (AvgIpc) is 3.26. The molecular formula is C18H21N3OS. The number of anilines is 1. The molecule has 2 bridgehead atoms. The highest BCUT2D eigenvalue weighted by molar-refractivity contribution is 7.22. The molecule has 2 heterocycles. The Kier molecular flexibility index (Phi) is 2.81. The highest BCUT2D eigenvalue weighted by Gasteiger charge is 2.52. The van der Waals surface area contributed by atoms with Crippen LogP contribution in [0.1, 0.15) is 35.2 Å². The van der Waals surface area contributed by atoms with Gasteiger partial charge in [-0.2, -0.15) is 0 Å². The van der Waals surface area contributed by atoms with Crippen molar-refractivity contribution in [2.75, 3.05) is 18.8 Å². The van der Waals surface area contributed by atoms with Crippen LogP contribution in [0.15, 0.2) is 12.1 Å². The number of aryl methyl sites for hydroxylation is 1. The first-order valence-electron chi connectivity index (χ1n) is 8.56. The van der Waals surface area contributed by atoms with Crippen molar-refractivity contribution in [3.8, 4) is 0 Å². The second-order valence-electron chi connectivity index (χ2n) is 7.56. The Morgan fingerprint density at radius 2 is 1.96 bits per heavy atom. The quantitative estimate of drug-likeness (QED) is 0.874. The van der Waals surface area contributed by atoms with E-state index >= 15 is 0 Å². The Morgan fingerprint density at radius 3 is 2.65 bits per heavy atom. The summed E-state index contributed by atoms with van der Waals surface area (Å²) in [6.07, 6.45) is 4.20. The maximum Gasteiger partial charge on any atom is 0.253 e. The van der Waals surface area contributed by atoms with Gasteiger partial charge in [0.2, 0.25) is 0 Å². The topological polar surface area (TPSA) is 59.2 Å².